The van der Waals surface area contributed by atoms with Crippen molar-refractivity contribution < 1.29 is 9.18 Å². The van der Waals surface area contributed by atoms with E-state index in [-0.39, 0.29) is 23.2 Å². The van der Waals surface area contributed by atoms with Crippen molar-refractivity contribution in [2.24, 2.45) is 0 Å². The van der Waals surface area contributed by atoms with E-state index in [0.717, 1.165) is 36.2 Å². The van der Waals surface area contributed by atoms with Crippen LogP contribution in [0.15, 0.2) is 58.5 Å². The van der Waals surface area contributed by atoms with Gasteiger partial charge in [-0.25, -0.2) is 9.18 Å². The number of benzene rings is 1. The number of nitrogens with zero attached hydrogens (tertiary/aromatic N) is 3. The zero-order valence-electron chi connectivity index (χ0n) is 15.6. The fourth-order valence-corrected chi connectivity index (χ4v) is 4.26. The minimum atomic E-state index is -0.358. The largest absolute Gasteiger partial charge is 0.349 e. The molecule has 0 saturated heterocycles. The van der Waals surface area contributed by atoms with E-state index in [1.165, 1.54) is 36.0 Å². The van der Waals surface area contributed by atoms with Crippen LogP contribution in [0.4, 0.5) is 10.1 Å². The summed E-state index contributed by atoms with van der Waals surface area (Å²) in [5, 5.41) is 3.34. The summed E-state index contributed by atoms with van der Waals surface area (Å²) in [6.45, 7) is 0.394. The van der Waals surface area contributed by atoms with Crippen molar-refractivity contribution in [3.05, 3.63) is 81.9 Å². The van der Waals surface area contributed by atoms with Gasteiger partial charge in [0.2, 0.25) is 5.91 Å². The summed E-state index contributed by atoms with van der Waals surface area (Å²) in [4.78, 5) is 33.4. The van der Waals surface area contributed by atoms with Crippen molar-refractivity contribution in [2.75, 3.05) is 11.1 Å². The monoisotopic (exact) mass is 410 g/mol. The smallest absolute Gasteiger partial charge is 0.325 e. The van der Waals surface area contributed by atoms with Gasteiger partial charge in [-0.1, -0.05) is 17.8 Å². The third-order valence-electron chi connectivity index (χ3n) is 4.71. The topological polar surface area (TPSA) is 76.9 Å². The van der Waals surface area contributed by atoms with Crippen molar-refractivity contribution in [1.29, 1.82) is 0 Å². The van der Waals surface area contributed by atoms with E-state index < -0.39 is 0 Å². The van der Waals surface area contributed by atoms with Gasteiger partial charge in [0, 0.05) is 23.1 Å². The molecule has 1 amide bonds. The third-order valence-corrected chi connectivity index (χ3v) is 5.73. The van der Waals surface area contributed by atoms with Gasteiger partial charge >= 0.3 is 5.69 Å². The molecule has 1 aromatic carbocycles. The number of hydrogen-bond donors (Lipinski definition) is 1. The fourth-order valence-electron chi connectivity index (χ4n) is 3.39. The number of anilines is 1. The van der Waals surface area contributed by atoms with E-state index in [1.807, 2.05) is 18.2 Å². The van der Waals surface area contributed by atoms with Crippen LogP contribution in [-0.2, 0) is 24.2 Å². The lowest BCUT2D eigenvalue weighted by Crippen LogP contribution is -2.28. The molecule has 0 bridgehead atoms. The van der Waals surface area contributed by atoms with Crippen LogP contribution >= 0.6 is 11.8 Å². The fraction of sp³-hybridized carbons (Fsp3) is 0.238. The number of aromatic nitrogens is 3. The van der Waals surface area contributed by atoms with Gasteiger partial charge in [0.1, 0.15) is 10.8 Å². The number of halogens is 1. The standard InChI is InChI=1S/C21H19FN4O2S/c22-14-7-9-15(10-8-14)24-19(27)13-29-20-17-5-3-6-18(17)26(21(28)25-20)12-16-4-1-2-11-23-16/h1-2,4,7-11H,3,5-6,12-13H2,(H,24,27). The van der Waals surface area contributed by atoms with Crippen LogP contribution in [0, 0.1) is 5.82 Å². The number of carbonyl (C=O) groups is 1. The van der Waals surface area contributed by atoms with Crippen molar-refractivity contribution in [3.63, 3.8) is 0 Å². The normalized spacial score (nSPS) is 12.6. The molecule has 2 aromatic heterocycles. The van der Waals surface area contributed by atoms with Gasteiger partial charge in [0.05, 0.1) is 18.0 Å². The second kappa shape index (κ2) is 8.57. The van der Waals surface area contributed by atoms with Crippen LogP contribution < -0.4 is 11.0 Å². The SMILES string of the molecule is O=C(CSc1nc(=O)n(Cc2ccccn2)c2c1CCC2)Nc1ccc(F)cc1. The molecule has 0 unspecified atom stereocenters. The molecule has 1 aliphatic rings. The lowest BCUT2D eigenvalue weighted by atomic mass is 10.2. The molecule has 148 valence electrons. The highest BCUT2D eigenvalue weighted by molar-refractivity contribution is 8.00. The summed E-state index contributed by atoms with van der Waals surface area (Å²) in [6, 6.07) is 11.2. The van der Waals surface area contributed by atoms with Crippen LogP contribution in [0.2, 0.25) is 0 Å². The Kier molecular flexibility index (Phi) is 5.71. The molecule has 1 aliphatic carbocycles. The summed E-state index contributed by atoms with van der Waals surface area (Å²) >= 11 is 1.26. The molecule has 3 aromatic rings. The number of rotatable bonds is 6. The Hall–Kier alpha value is -3.00. The Morgan fingerprint density at radius 3 is 2.76 bits per heavy atom. The van der Waals surface area contributed by atoms with Gasteiger partial charge in [-0.3, -0.25) is 14.3 Å². The minimum Gasteiger partial charge on any atom is -0.325 e. The van der Waals surface area contributed by atoms with Crippen LogP contribution in [0.5, 0.6) is 0 Å². The van der Waals surface area contributed by atoms with Crippen molar-refractivity contribution >= 4 is 23.4 Å². The van der Waals surface area contributed by atoms with Gasteiger partial charge in [-0.2, -0.15) is 4.98 Å². The minimum absolute atomic E-state index is 0.126. The maximum absolute atomic E-state index is 13.0. The molecular weight excluding hydrogens is 391 g/mol. The highest BCUT2D eigenvalue weighted by Crippen LogP contribution is 2.29. The Labute approximate surface area is 171 Å². The molecule has 29 heavy (non-hydrogen) atoms. The van der Waals surface area contributed by atoms with Crippen molar-refractivity contribution in [3.8, 4) is 0 Å². The van der Waals surface area contributed by atoms with E-state index in [1.54, 1.807) is 10.8 Å². The van der Waals surface area contributed by atoms with Crippen LogP contribution in [0.1, 0.15) is 23.4 Å². The third kappa shape index (κ3) is 4.54. The van der Waals surface area contributed by atoms with E-state index in [9.17, 15) is 14.0 Å². The highest BCUT2D eigenvalue weighted by Gasteiger charge is 2.22. The average molecular weight is 410 g/mol. The molecule has 2 heterocycles. The Balaban J connectivity index is 1.49. The van der Waals surface area contributed by atoms with E-state index in [4.69, 9.17) is 0 Å². The average Bonchev–Trinajstić information content (AvgIpc) is 3.21. The molecule has 0 fully saturated rings. The lowest BCUT2D eigenvalue weighted by molar-refractivity contribution is -0.113. The Morgan fingerprint density at radius 2 is 2.00 bits per heavy atom. The van der Waals surface area contributed by atoms with E-state index in [0.29, 0.717) is 17.3 Å². The van der Waals surface area contributed by atoms with Gasteiger partial charge in [0.15, 0.2) is 0 Å². The van der Waals surface area contributed by atoms with Gasteiger partial charge in [0.25, 0.3) is 0 Å². The molecule has 0 atom stereocenters. The number of nitrogens with one attached hydrogen (secondary N) is 1. The summed E-state index contributed by atoms with van der Waals surface area (Å²) in [5.74, 6) is -0.461. The van der Waals surface area contributed by atoms with Crippen LogP contribution in [0.25, 0.3) is 0 Å². The zero-order chi connectivity index (χ0) is 20.2. The van der Waals surface area contributed by atoms with Gasteiger partial charge in [-0.05, 0) is 55.7 Å². The molecule has 0 saturated carbocycles. The molecule has 6 nitrogen and oxygen atoms in total. The zero-order valence-corrected chi connectivity index (χ0v) is 16.4. The summed E-state index contributed by atoms with van der Waals surface area (Å²) in [6.07, 6.45) is 4.32. The molecule has 0 radical (unpaired) electrons. The first-order valence-corrected chi connectivity index (χ1v) is 10.3. The lowest BCUT2D eigenvalue weighted by Gasteiger charge is -2.14. The number of pyridine rings is 1. The van der Waals surface area contributed by atoms with Crippen LogP contribution in [0.3, 0.4) is 0 Å². The predicted octanol–water partition coefficient (Wildman–Crippen LogP) is 3.05. The predicted molar refractivity (Wildman–Crippen MR) is 110 cm³/mol. The molecule has 0 aliphatic heterocycles. The summed E-state index contributed by atoms with van der Waals surface area (Å²) in [5.41, 5.74) is 3.04. The molecular formula is C21H19FN4O2S. The number of carbonyl (C=O) groups excluding carboxylic acids is 1. The number of fused-ring (bicyclic) bond motifs is 1. The summed E-state index contributed by atoms with van der Waals surface area (Å²) in [7, 11) is 0. The van der Waals surface area contributed by atoms with Crippen molar-refractivity contribution in [2.45, 2.75) is 30.8 Å². The molecule has 1 N–H and O–H groups in total. The Morgan fingerprint density at radius 1 is 1.17 bits per heavy atom. The van der Waals surface area contributed by atoms with Gasteiger partial charge < -0.3 is 5.32 Å². The summed E-state index contributed by atoms with van der Waals surface area (Å²) < 4.78 is 14.7. The second-order valence-corrected chi connectivity index (χ2v) is 7.69. The quantitative estimate of drug-likeness (QED) is 0.499. The van der Waals surface area contributed by atoms with Crippen molar-refractivity contribution in [1.82, 2.24) is 14.5 Å². The molecule has 4 rings (SSSR count). The van der Waals surface area contributed by atoms with E-state index >= 15 is 0 Å². The second-order valence-electron chi connectivity index (χ2n) is 6.73. The highest BCUT2D eigenvalue weighted by atomic mass is 32.2. The number of hydrogen-bond acceptors (Lipinski definition) is 5. The Bertz CT molecular complexity index is 1080. The maximum Gasteiger partial charge on any atom is 0.349 e. The van der Waals surface area contributed by atoms with Gasteiger partial charge in [-0.15, -0.1) is 0 Å². The number of thioether (sulfide) groups is 1. The first-order valence-electron chi connectivity index (χ1n) is 9.31. The molecule has 8 heteroatoms. The van der Waals surface area contributed by atoms with E-state index in [2.05, 4.69) is 15.3 Å². The first kappa shape index (κ1) is 19.3. The molecule has 0 spiro atoms. The number of amides is 1. The maximum atomic E-state index is 13.0. The first-order chi connectivity index (χ1) is 14.1. The van der Waals surface area contributed by atoms with Crippen LogP contribution in [-0.4, -0.2) is 26.2 Å².